The molecule has 0 aliphatic carbocycles. The van der Waals surface area contributed by atoms with Gasteiger partial charge in [0.1, 0.15) is 5.92 Å². The number of hydrogen-bond acceptors (Lipinski definition) is 3. The van der Waals surface area contributed by atoms with Gasteiger partial charge in [0.15, 0.2) is 5.78 Å². The van der Waals surface area contributed by atoms with E-state index in [9.17, 15) is 9.59 Å². The number of amides is 1. The predicted molar refractivity (Wildman–Crippen MR) is 90.9 cm³/mol. The molecule has 5 heteroatoms. The molecule has 0 saturated heterocycles. The third-order valence-electron chi connectivity index (χ3n) is 3.81. The molecule has 0 fully saturated rings. The summed E-state index contributed by atoms with van der Waals surface area (Å²) in [5, 5.41) is 5.75. The van der Waals surface area contributed by atoms with Crippen LogP contribution in [0.4, 0.5) is 0 Å². The molecule has 118 valence electrons. The Morgan fingerprint density at radius 1 is 1.23 bits per heavy atom. The van der Waals surface area contributed by atoms with E-state index in [0.717, 1.165) is 30.2 Å². The van der Waals surface area contributed by atoms with Crippen LogP contribution in [0.3, 0.4) is 0 Å². The number of hydrogen-bond donors (Lipinski definition) is 0. The van der Waals surface area contributed by atoms with E-state index in [-0.39, 0.29) is 11.7 Å². The summed E-state index contributed by atoms with van der Waals surface area (Å²) >= 11 is 3.34. The summed E-state index contributed by atoms with van der Waals surface area (Å²) in [6.07, 6.45) is 4.32. The Hall–Kier alpha value is -1.49. The van der Waals surface area contributed by atoms with Crippen molar-refractivity contribution < 1.29 is 9.59 Å². The molecule has 1 aromatic carbocycles. The average Bonchev–Trinajstić information content (AvgIpc) is 2.78. The number of halogens is 1. The van der Waals surface area contributed by atoms with Gasteiger partial charge in [0.2, 0.25) is 0 Å². The normalized spacial score (nSPS) is 17.8. The number of hydrazone groups is 1. The van der Waals surface area contributed by atoms with Crippen molar-refractivity contribution in [2.24, 2.45) is 11.0 Å². The van der Waals surface area contributed by atoms with Gasteiger partial charge in [0, 0.05) is 16.6 Å². The van der Waals surface area contributed by atoms with Crippen molar-refractivity contribution in [1.29, 1.82) is 0 Å². The molecule has 4 nitrogen and oxygen atoms in total. The molecule has 0 N–H and O–H groups in total. The Balaban J connectivity index is 2.03. The number of ketones is 1. The number of nitrogens with zero attached hydrogens (tertiary/aromatic N) is 2. The van der Waals surface area contributed by atoms with Crippen LogP contribution in [0.1, 0.15) is 49.9 Å². The molecule has 0 radical (unpaired) electrons. The highest BCUT2D eigenvalue weighted by Gasteiger charge is 2.38. The van der Waals surface area contributed by atoms with E-state index < -0.39 is 5.92 Å². The molecule has 2 rings (SSSR count). The third kappa shape index (κ3) is 3.83. The zero-order valence-corrected chi connectivity index (χ0v) is 14.6. The van der Waals surface area contributed by atoms with Crippen LogP contribution in [0, 0.1) is 5.92 Å². The minimum atomic E-state index is -0.757. The molecule has 0 spiro atoms. The summed E-state index contributed by atoms with van der Waals surface area (Å²) < 4.78 is 0.907. The van der Waals surface area contributed by atoms with Crippen molar-refractivity contribution in [2.75, 3.05) is 6.54 Å². The SMILES string of the molecule is CCCCCCN1N=C(C)[C@H](C(=O)c2ccc(Br)cc2)C1=O. The Morgan fingerprint density at radius 3 is 2.55 bits per heavy atom. The molecule has 0 saturated carbocycles. The van der Waals surface area contributed by atoms with Crippen molar-refractivity contribution in [3.8, 4) is 0 Å². The minimum Gasteiger partial charge on any atom is -0.293 e. The Bertz CT molecular complexity index is 581. The van der Waals surface area contributed by atoms with Crippen LogP contribution in [0.2, 0.25) is 0 Å². The largest absolute Gasteiger partial charge is 0.293 e. The molecule has 0 bridgehead atoms. The predicted octanol–water partition coefficient (Wildman–Crippen LogP) is 4.05. The summed E-state index contributed by atoms with van der Waals surface area (Å²) in [6.45, 7) is 4.50. The molecular formula is C17H21BrN2O2. The van der Waals surface area contributed by atoms with E-state index in [1.54, 1.807) is 19.1 Å². The zero-order chi connectivity index (χ0) is 16.1. The molecule has 1 aromatic rings. The maximum atomic E-state index is 12.6. The fourth-order valence-corrected chi connectivity index (χ4v) is 2.82. The maximum Gasteiger partial charge on any atom is 0.259 e. The van der Waals surface area contributed by atoms with Gasteiger partial charge in [-0.15, -0.1) is 0 Å². The lowest BCUT2D eigenvalue weighted by Crippen LogP contribution is -2.33. The lowest BCUT2D eigenvalue weighted by atomic mass is 9.94. The van der Waals surface area contributed by atoms with Gasteiger partial charge in [-0.2, -0.15) is 5.10 Å². The Kier molecular flexibility index (Phi) is 5.89. The molecular weight excluding hydrogens is 344 g/mol. The lowest BCUT2D eigenvalue weighted by Gasteiger charge is -2.13. The van der Waals surface area contributed by atoms with Crippen LogP contribution in [-0.4, -0.2) is 29.0 Å². The Labute approximate surface area is 139 Å². The lowest BCUT2D eigenvalue weighted by molar-refractivity contribution is -0.130. The van der Waals surface area contributed by atoms with E-state index in [4.69, 9.17) is 0 Å². The highest BCUT2D eigenvalue weighted by atomic mass is 79.9. The van der Waals surface area contributed by atoms with Gasteiger partial charge in [0.25, 0.3) is 5.91 Å². The van der Waals surface area contributed by atoms with Crippen LogP contribution in [0.5, 0.6) is 0 Å². The van der Waals surface area contributed by atoms with Crippen LogP contribution < -0.4 is 0 Å². The molecule has 1 aliphatic heterocycles. The first-order chi connectivity index (χ1) is 10.5. The number of unbranched alkanes of at least 4 members (excludes halogenated alkanes) is 3. The van der Waals surface area contributed by atoms with Crippen LogP contribution >= 0.6 is 15.9 Å². The standard InChI is InChI=1S/C17H21BrN2O2/c1-3-4-5-6-11-20-17(22)15(12(2)19-20)16(21)13-7-9-14(18)10-8-13/h7-10,15H,3-6,11H2,1-2H3/t15-/m1/s1. The van der Waals surface area contributed by atoms with Crippen molar-refractivity contribution in [3.05, 3.63) is 34.3 Å². The maximum absolute atomic E-state index is 12.6. The molecule has 1 heterocycles. The molecule has 22 heavy (non-hydrogen) atoms. The summed E-state index contributed by atoms with van der Waals surface area (Å²) in [4.78, 5) is 25.0. The van der Waals surface area contributed by atoms with Gasteiger partial charge in [-0.3, -0.25) is 9.59 Å². The first-order valence-corrected chi connectivity index (χ1v) is 8.50. The fraction of sp³-hybridized carbons (Fsp3) is 0.471. The van der Waals surface area contributed by atoms with E-state index in [1.165, 1.54) is 5.01 Å². The highest BCUT2D eigenvalue weighted by molar-refractivity contribution is 9.10. The molecule has 0 aromatic heterocycles. The fourth-order valence-electron chi connectivity index (χ4n) is 2.56. The smallest absolute Gasteiger partial charge is 0.259 e. The topological polar surface area (TPSA) is 49.7 Å². The summed E-state index contributed by atoms with van der Waals surface area (Å²) in [5.41, 5.74) is 1.14. The third-order valence-corrected chi connectivity index (χ3v) is 4.34. The van der Waals surface area contributed by atoms with Gasteiger partial charge in [-0.1, -0.05) is 54.2 Å². The second-order valence-corrected chi connectivity index (χ2v) is 6.48. The first-order valence-electron chi connectivity index (χ1n) is 7.71. The van der Waals surface area contributed by atoms with Crippen molar-refractivity contribution in [1.82, 2.24) is 5.01 Å². The molecule has 1 amide bonds. The average molecular weight is 365 g/mol. The van der Waals surface area contributed by atoms with Crippen molar-refractivity contribution in [3.63, 3.8) is 0 Å². The van der Waals surface area contributed by atoms with Gasteiger partial charge in [-0.05, 0) is 25.5 Å². The molecule has 1 atom stereocenters. The summed E-state index contributed by atoms with van der Waals surface area (Å²) in [7, 11) is 0. The zero-order valence-electron chi connectivity index (χ0n) is 13.0. The van der Waals surface area contributed by atoms with E-state index >= 15 is 0 Å². The Morgan fingerprint density at radius 2 is 1.91 bits per heavy atom. The molecule has 0 unspecified atom stereocenters. The second kappa shape index (κ2) is 7.68. The number of rotatable bonds is 7. The highest BCUT2D eigenvalue weighted by Crippen LogP contribution is 2.22. The molecule has 1 aliphatic rings. The van der Waals surface area contributed by atoms with Gasteiger partial charge in [0.05, 0.1) is 5.71 Å². The minimum absolute atomic E-state index is 0.171. The first kappa shape index (κ1) is 16.9. The monoisotopic (exact) mass is 364 g/mol. The van der Waals surface area contributed by atoms with Gasteiger partial charge < -0.3 is 0 Å². The number of carbonyl (C=O) groups is 2. The van der Waals surface area contributed by atoms with E-state index in [0.29, 0.717) is 17.8 Å². The summed E-state index contributed by atoms with van der Waals surface area (Å²) in [5.74, 6) is -1.12. The van der Waals surface area contributed by atoms with Crippen molar-refractivity contribution in [2.45, 2.75) is 39.5 Å². The van der Waals surface area contributed by atoms with E-state index in [1.807, 2.05) is 12.1 Å². The van der Waals surface area contributed by atoms with Crippen LogP contribution in [-0.2, 0) is 4.79 Å². The number of Topliss-reactive ketones (excluding diaryl/α,β-unsaturated/α-hetero) is 1. The van der Waals surface area contributed by atoms with Crippen molar-refractivity contribution >= 4 is 33.3 Å². The number of carbonyl (C=O) groups excluding carboxylic acids is 2. The number of benzene rings is 1. The quantitative estimate of drug-likeness (QED) is 0.416. The van der Waals surface area contributed by atoms with Gasteiger partial charge in [-0.25, -0.2) is 5.01 Å². The van der Waals surface area contributed by atoms with Crippen LogP contribution in [0.25, 0.3) is 0 Å². The summed E-state index contributed by atoms with van der Waals surface area (Å²) in [6, 6.07) is 7.08. The second-order valence-electron chi connectivity index (χ2n) is 5.57. The van der Waals surface area contributed by atoms with Gasteiger partial charge >= 0.3 is 0 Å². The van der Waals surface area contributed by atoms with Crippen LogP contribution in [0.15, 0.2) is 33.8 Å². The van der Waals surface area contributed by atoms with E-state index in [2.05, 4.69) is 28.0 Å².